The van der Waals surface area contributed by atoms with E-state index in [4.69, 9.17) is 0 Å². The lowest BCUT2D eigenvalue weighted by molar-refractivity contribution is 0.0964. The van der Waals surface area contributed by atoms with Gasteiger partial charge in [0.25, 0.3) is 15.9 Å². The van der Waals surface area contributed by atoms with E-state index in [2.05, 4.69) is 20.0 Å². The number of carbonyl (C=O) groups excluding carboxylic acids is 1. The van der Waals surface area contributed by atoms with Gasteiger partial charge < -0.3 is 5.32 Å². The van der Waals surface area contributed by atoms with Crippen molar-refractivity contribution in [3.8, 4) is 11.3 Å². The second kappa shape index (κ2) is 7.92. The molecule has 0 aliphatic heterocycles. The summed E-state index contributed by atoms with van der Waals surface area (Å²) < 4.78 is 27.5. The summed E-state index contributed by atoms with van der Waals surface area (Å²) in [5.41, 5.74) is 3.30. The number of amides is 1. The molecule has 0 saturated heterocycles. The van der Waals surface area contributed by atoms with Crippen LogP contribution in [-0.2, 0) is 10.0 Å². The Morgan fingerprint density at radius 1 is 0.933 bits per heavy atom. The minimum Gasteiger partial charge on any atom is -0.355 e. The standard InChI is InChI=1S/C22H18N4O3S/c1-23-22(27)18-14-20(25-19-8-5-13-24-21(18)19)15-9-11-16(12-10-15)26-30(28,29)17-6-3-2-4-7-17/h2-14,26H,1H3,(H,23,27). The van der Waals surface area contributed by atoms with E-state index in [1.54, 1.807) is 73.9 Å². The van der Waals surface area contributed by atoms with Gasteiger partial charge in [-0.15, -0.1) is 0 Å². The van der Waals surface area contributed by atoms with Gasteiger partial charge >= 0.3 is 0 Å². The Morgan fingerprint density at radius 3 is 2.37 bits per heavy atom. The minimum atomic E-state index is -3.67. The van der Waals surface area contributed by atoms with Crippen LogP contribution in [-0.4, -0.2) is 31.3 Å². The summed E-state index contributed by atoms with van der Waals surface area (Å²) in [5.74, 6) is -0.255. The molecule has 0 fully saturated rings. The lowest BCUT2D eigenvalue weighted by Crippen LogP contribution is -2.18. The van der Waals surface area contributed by atoms with Crippen molar-refractivity contribution in [1.29, 1.82) is 0 Å². The van der Waals surface area contributed by atoms with Gasteiger partial charge in [0.1, 0.15) is 5.52 Å². The van der Waals surface area contributed by atoms with Gasteiger partial charge in [-0.25, -0.2) is 13.4 Å². The molecular formula is C22H18N4O3S. The second-order valence-electron chi connectivity index (χ2n) is 6.50. The summed E-state index contributed by atoms with van der Waals surface area (Å²) in [6, 6.07) is 20.2. The van der Waals surface area contributed by atoms with Crippen molar-refractivity contribution in [2.45, 2.75) is 4.90 Å². The number of nitrogens with zero attached hydrogens (tertiary/aromatic N) is 2. The third kappa shape index (κ3) is 3.85. The van der Waals surface area contributed by atoms with Crippen LogP contribution in [0.3, 0.4) is 0 Å². The molecule has 0 aliphatic carbocycles. The molecular weight excluding hydrogens is 400 g/mol. The second-order valence-corrected chi connectivity index (χ2v) is 8.18. The van der Waals surface area contributed by atoms with E-state index in [0.717, 1.165) is 5.56 Å². The molecule has 1 amide bonds. The van der Waals surface area contributed by atoms with Crippen molar-refractivity contribution in [3.05, 3.63) is 84.6 Å². The Labute approximate surface area is 173 Å². The fourth-order valence-corrected chi connectivity index (χ4v) is 4.12. The first kappa shape index (κ1) is 19.5. The lowest BCUT2D eigenvalue weighted by Gasteiger charge is -2.10. The van der Waals surface area contributed by atoms with Crippen LogP contribution in [0, 0.1) is 0 Å². The van der Waals surface area contributed by atoms with Crippen molar-refractivity contribution in [2.24, 2.45) is 0 Å². The molecule has 30 heavy (non-hydrogen) atoms. The van der Waals surface area contributed by atoms with Crippen molar-refractivity contribution in [2.75, 3.05) is 11.8 Å². The first-order chi connectivity index (χ1) is 14.5. The maximum atomic E-state index is 12.5. The number of hydrogen-bond donors (Lipinski definition) is 2. The van der Waals surface area contributed by atoms with Crippen LogP contribution in [0.1, 0.15) is 10.4 Å². The van der Waals surface area contributed by atoms with Crippen LogP contribution in [0.25, 0.3) is 22.3 Å². The van der Waals surface area contributed by atoms with Crippen molar-refractivity contribution < 1.29 is 13.2 Å². The quantitative estimate of drug-likeness (QED) is 0.517. The number of fused-ring (bicyclic) bond motifs is 1. The Morgan fingerprint density at radius 2 is 1.67 bits per heavy atom. The number of benzene rings is 2. The molecule has 0 aliphatic rings. The maximum absolute atomic E-state index is 12.5. The number of hydrogen-bond acceptors (Lipinski definition) is 5. The summed E-state index contributed by atoms with van der Waals surface area (Å²) in [4.78, 5) is 21.4. The molecule has 2 aromatic heterocycles. The van der Waals surface area contributed by atoms with Crippen molar-refractivity contribution in [1.82, 2.24) is 15.3 Å². The van der Waals surface area contributed by atoms with Crippen LogP contribution in [0.15, 0.2) is 83.9 Å². The van der Waals surface area contributed by atoms with E-state index in [9.17, 15) is 13.2 Å². The zero-order chi connectivity index (χ0) is 21.1. The van der Waals surface area contributed by atoms with Crippen LogP contribution >= 0.6 is 0 Å². The number of carbonyl (C=O) groups is 1. The van der Waals surface area contributed by atoms with Gasteiger partial charge in [-0.3, -0.25) is 14.5 Å². The van der Waals surface area contributed by atoms with E-state index in [1.165, 1.54) is 12.1 Å². The lowest BCUT2D eigenvalue weighted by atomic mass is 10.1. The van der Waals surface area contributed by atoms with E-state index < -0.39 is 10.0 Å². The molecule has 2 heterocycles. The molecule has 2 aromatic carbocycles. The fourth-order valence-electron chi connectivity index (χ4n) is 3.04. The predicted molar refractivity (Wildman–Crippen MR) is 116 cm³/mol. The van der Waals surface area contributed by atoms with Gasteiger partial charge in [-0.2, -0.15) is 0 Å². The summed E-state index contributed by atoms with van der Waals surface area (Å²) in [6.07, 6.45) is 1.61. The number of sulfonamides is 1. The average molecular weight is 418 g/mol. The summed E-state index contributed by atoms with van der Waals surface area (Å²) >= 11 is 0. The Kier molecular flexibility index (Phi) is 5.16. The number of aromatic nitrogens is 2. The van der Waals surface area contributed by atoms with Crippen LogP contribution in [0.5, 0.6) is 0 Å². The van der Waals surface area contributed by atoms with Crippen LogP contribution in [0.2, 0.25) is 0 Å². The minimum absolute atomic E-state index is 0.188. The zero-order valence-electron chi connectivity index (χ0n) is 16.0. The molecule has 0 spiro atoms. The van der Waals surface area contributed by atoms with Gasteiger partial charge in [0.05, 0.1) is 21.7 Å². The average Bonchev–Trinajstić information content (AvgIpc) is 2.78. The largest absolute Gasteiger partial charge is 0.355 e. The van der Waals surface area contributed by atoms with Crippen molar-refractivity contribution in [3.63, 3.8) is 0 Å². The fraction of sp³-hybridized carbons (Fsp3) is 0.0455. The first-order valence-electron chi connectivity index (χ1n) is 9.14. The Bertz CT molecular complexity index is 1320. The molecule has 150 valence electrons. The molecule has 2 N–H and O–H groups in total. The molecule has 8 heteroatoms. The molecule has 0 saturated carbocycles. The summed E-state index contributed by atoms with van der Waals surface area (Å²) in [6.45, 7) is 0. The Balaban J connectivity index is 1.68. The van der Waals surface area contributed by atoms with Gasteiger partial charge in [0, 0.05) is 24.5 Å². The molecule has 4 aromatic rings. The zero-order valence-corrected chi connectivity index (χ0v) is 16.8. The molecule has 0 atom stereocenters. The number of nitrogens with one attached hydrogen (secondary N) is 2. The van der Waals surface area contributed by atoms with Crippen molar-refractivity contribution >= 4 is 32.7 Å². The van der Waals surface area contributed by atoms with Crippen LogP contribution in [0.4, 0.5) is 5.69 Å². The normalized spacial score (nSPS) is 11.2. The van der Waals surface area contributed by atoms with Gasteiger partial charge in [-0.05, 0) is 42.5 Å². The predicted octanol–water partition coefficient (Wildman–Crippen LogP) is 3.46. The number of pyridine rings is 2. The van der Waals surface area contributed by atoms with E-state index >= 15 is 0 Å². The first-order valence-corrected chi connectivity index (χ1v) is 10.6. The highest BCUT2D eigenvalue weighted by molar-refractivity contribution is 7.92. The van der Waals surface area contributed by atoms with Gasteiger partial charge in [0.15, 0.2) is 0 Å². The highest BCUT2D eigenvalue weighted by Gasteiger charge is 2.15. The maximum Gasteiger partial charge on any atom is 0.261 e. The van der Waals surface area contributed by atoms with E-state index in [-0.39, 0.29) is 10.8 Å². The topological polar surface area (TPSA) is 101 Å². The molecule has 0 unspecified atom stereocenters. The Hall–Kier alpha value is -3.78. The third-order valence-corrected chi connectivity index (χ3v) is 5.92. The van der Waals surface area contributed by atoms with Crippen LogP contribution < -0.4 is 10.0 Å². The molecule has 4 rings (SSSR count). The van der Waals surface area contributed by atoms with E-state index in [0.29, 0.717) is 28.0 Å². The SMILES string of the molecule is CNC(=O)c1cc(-c2ccc(NS(=O)(=O)c3ccccc3)cc2)nc2cccnc12. The van der Waals surface area contributed by atoms with Gasteiger partial charge in [-0.1, -0.05) is 30.3 Å². The van der Waals surface area contributed by atoms with Gasteiger partial charge in [0.2, 0.25) is 0 Å². The molecule has 0 radical (unpaired) electrons. The summed E-state index contributed by atoms with van der Waals surface area (Å²) in [7, 11) is -2.11. The molecule has 0 bridgehead atoms. The smallest absolute Gasteiger partial charge is 0.261 e. The number of rotatable bonds is 5. The third-order valence-electron chi connectivity index (χ3n) is 4.52. The summed E-state index contributed by atoms with van der Waals surface area (Å²) in [5, 5.41) is 2.62. The monoisotopic (exact) mass is 418 g/mol. The molecule has 7 nitrogen and oxygen atoms in total. The number of anilines is 1. The van der Waals surface area contributed by atoms with E-state index in [1.807, 2.05) is 0 Å². The highest BCUT2D eigenvalue weighted by Crippen LogP contribution is 2.25. The highest BCUT2D eigenvalue weighted by atomic mass is 32.2.